The van der Waals surface area contributed by atoms with Gasteiger partial charge in [0.2, 0.25) is 11.0 Å². The summed E-state index contributed by atoms with van der Waals surface area (Å²) in [7, 11) is 1.74. The van der Waals surface area contributed by atoms with Crippen molar-refractivity contribution in [3.8, 4) is 0 Å². The van der Waals surface area contributed by atoms with E-state index in [4.69, 9.17) is 0 Å². The zero-order chi connectivity index (χ0) is 20.1. The van der Waals surface area contributed by atoms with Crippen LogP contribution in [0.2, 0.25) is 0 Å². The van der Waals surface area contributed by atoms with Gasteiger partial charge in [0.15, 0.2) is 9.47 Å². The lowest BCUT2D eigenvalue weighted by Crippen LogP contribution is -2.22. The van der Waals surface area contributed by atoms with Gasteiger partial charge in [-0.1, -0.05) is 55.1 Å². The molecule has 0 radical (unpaired) electrons. The Morgan fingerprint density at radius 3 is 2.57 bits per heavy atom. The summed E-state index contributed by atoms with van der Waals surface area (Å²) in [6.45, 7) is 5.85. The lowest BCUT2D eigenvalue weighted by atomic mass is 10.0. The molecule has 0 aliphatic heterocycles. The third-order valence-electron chi connectivity index (χ3n) is 4.28. The smallest absolute Gasteiger partial charge is 0.225 e. The first-order valence-corrected chi connectivity index (χ1v) is 11.7. The quantitative estimate of drug-likeness (QED) is 0.496. The third kappa shape index (κ3) is 4.89. The Labute approximate surface area is 177 Å². The van der Waals surface area contributed by atoms with Crippen LogP contribution in [0.3, 0.4) is 0 Å². The number of aryl methyl sites for hydroxylation is 2. The SMILES string of the molecule is CCc1cccc(CC)c1Nc1nnc(SCc2csc(N(C)C(C)=O)n2)s1. The second kappa shape index (κ2) is 9.49. The molecule has 0 saturated heterocycles. The van der Waals surface area contributed by atoms with Gasteiger partial charge in [-0.2, -0.15) is 0 Å². The molecule has 1 N–H and O–H groups in total. The zero-order valence-electron chi connectivity index (χ0n) is 16.4. The average Bonchev–Trinajstić information content (AvgIpc) is 3.35. The van der Waals surface area contributed by atoms with Crippen molar-refractivity contribution < 1.29 is 4.79 Å². The molecule has 9 heteroatoms. The molecule has 0 aliphatic rings. The van der Waals surface area contributed by atoms with Crippen molar-refractivity contribution in [1.29, 1.82) is 0 Å². The van der Waals surface area contributed by atoms with E-state index >= 15 is 0 Å². The summed E-state index contributed by atoms with van der Waals surface area (Å²) in [5.74, 6) is 0.676. The number of hydrogen-bond donors (Lipinski definition) is 1. The fourth-order valence-electron chi connectivity index (χ4n) is 2.62. The van der Waals surface area contributed by atoms with Crippen molar-refractivity contribution in [2.24, 2.45) is 0 Å². The second-order valence-electron chi connectivity index (χ2n) is 6.14. The molecule has 0 unspecified atom stereocenters. The first kappa shape index (κ1) is 20.8. The van der Waals surface area contributed by atoms with E-state index in [-0.39, 0.29) is 5.91 Å². The molecule has 6 nitrogen and oxygen atoms in total. The number of nitrogens with zero attached hydrogens (tertiary/aromatic N) is 4. The molecule has 0 aliphatic carbocycles. The highest BCUT2D eigenvalue weighted by atomic mass is 32.2. The van der Waals surface area contributed by atoms with E-state index in [0.29, 0.717) is 10.9 Å². The number of hydrogen-bond acceptors (Lipinski definition) is 8. The molecule has 3 rings (SSSR count). The maximum absolute atomic E-state index is 11.4. The highest BCUT2D eigenvalue weighted by molar-refractivity contribution is 8.00. The van der Waals surface area contributed by atoms with Crippen LogP contribution in [-0.4, -0.2) is 28.1 Å². The number of thiazole rings is 1. The predicted molar refractivity (Wildman–Crippen MR) is 119 cm³/mol. The molecule has 0 bridgehead atoms. The molecular weight excluding hydrogens is 410 g/mol. The van der Waals surface area contributed by atoms with Crippen molar-refractivity contribution in [3.63, 3.8) is 0 Å². The minimum absolute atomic E-state index is 0.0211. The predicted octanol–water partition coefficient (Wildman–Crippen LogP) is 5.14. The number of benzene rings is 1. The lowest BCUT2D eigenvalue weighted by molar-refractivity contribution is -0.116. The number of para-hydroxylation sites is 1. The van der Waals surface area contributed by atoms with E-state index in [1.165, 1.54) is 29.4 Å². The van der Waals surface area contributed by atoms with Gasteiger partial charge in [-0.25, -0.2) is 4.98 Å². The van der Waals surface area contributed by atoms with Crippen LogP contribution in [0.15, 0.2) is 27.9 Å². The van der Waals surface area contributed by atoms with Gasteiger partial charge < -0.3 is 5.32 Å². The average molecular weight is 434 g/mol. The lowest BCUT2D eigenvalue weighted by Gasteiger charge is -2.13. The van der Waals surface area contributed by atoms with Crippen LogP contribution in [0.25, 0.3) is 0 Å². The van der Waals surface area contributed by atoms with Crippen molar-refractivity contribution >= 4 is 56.3 Å². The number of carbonyl (C=O) groups is 1. The van der Waals surface area contributed by atoms with Crippen molar-refractivity contribution in [1.82, 2.24) is 15.2 Å². The minimum atomic E-state index is -0.0211. The molecule has 2 aromatic heterocycles. The second-order valence-corrected chi connectivity index (χ2v) is 9.18. The Bertz CT molecular complexity index is 930. The van der Waals surface area contributed by atoms with E-state index in [0.717, 1.165) is 33.7 Å². The van der Waals surface area contributed by atoms with Crippen molar-refractivity contribution in [3.05, 3.63) is 40.4 Å². The highest BCUT2D eigenvalue weighted by Gasteiger charge is 2.13. The van der Waals surface area contributed by atoms with Crippen LogP contribution in [0.1, 0.15) is 37.6 Å². The summed E-state index contributed by atoms with van der Waals surface area (Å²) < 4.78 is 0.893. The van der Waals surface area contributed by atoms with Crippen LogP contribution in [0, 0.1) is 0 Å². The van der Waals surface area contributed by atoms with Gasteiger partial charge in [0.05, 0.1) is 5.69 Å². The molecule has 0 saturated carbocycles. The molecular formula is C19H23N5OS3. The van der Waals surface area contributed by atoms with Gasteiger partial charge >= 0.3 is 0 Å². The molecule has 1 amide bonds. The first-order valence-electron chi connectivity index (χ1n) is 9.04. The molecule has 3 aromatic rings. The Morgan fingerprint density at radius 2 is 1.93 bits per heavy atom. The summed E-state index contributed by atoms with van der Waals surface area (Å²) >= 11 is 4.62. The Kier molecular flexibility index (Phi) is 7.03. The summed E-state index contributed by atoms with van der Waals surface area (Å²) in [5, 5.41) is 15.5. The van der Waals surface area contributed by atoms with E-state index in [9.17, 15) is 4.79 Å². The van der Waals surface area contributed by atoms with E-state index in [1.807, 2.05) is 5.38 Å². The number of nitrogens with one attached hydrogen (secondary N) is 1. The normalized spacial score (nSPS) is 10.9. The minimum Gasteiger partial charge on any atom is -0.330 e. The van der Waals surface area contributed by atoms with E-state index in [2.05, 4.69) is 52.5 Å². The molecule has 0 atom stereocenters. The third-order valence-corrected chi connectivity index (χ3v) is 7.25. The van der Waals surface area contributed by atoms with Crippen molar-refractivity contribution in [2.45, 2.75) is 43.7 Å². The van der Waals surface area contributed by atoms with Crippen LogP contribution in [0.5, 0.6) is 0 Å². The summed E-state index contributed by atoms with van der Waals surface area (Å²) in [4.78, 5) is 17.5. The molecule has 1 aromatic carbocycles. The van der Waals surface area contributed by atoms with Crippen LogP contribution < -0.4 is 10.2 Å². The number of carbonyl (C=O) groups excluding carboxylic acids is 1. The molecule has 2 heterocycles. The Hall–Kier alpha value is -1.97. The molecule has 28 heavy (non-hydrogen) atoms. The van der Waals surface area contributed by atoms with Gasteiger partial charge in [-0.3, -0.25) is 9.69 Å². The maximum atomic E-state index is 11.4. The van der Waals surface area contributed by atoms with Gasteiger partial charge in [-0.15, -0.1) is 21.5 Å². The number of anilines is 3. The highest BCUT2D eigenvalue weighted by Crippen LogP contribution is 2.33. The molecule has 0 fully saturated rings. The van der Waals surface area contributed by atoms with Crippen molar-refractivity contribution in [2.75, 3.05) is 17.3 Å². The monoisotopic (exact) mass is 433 g/mol. The van der Waals surface area contributed by atoms with Gasteiger partial charge in [-0.05, 0) is 24.0 Å². The van der Waals surface area contributed by atoms with Crippen LogP contribution in [-0.2, 0) is 23.4 Å². The summed E-state index contributed by atoms with van der Waals surface area (Å²) in [6.07, 6.45) is 1.94. The zero-order valence-corrected chi connectivity index (χ0v) is 18.8. The van der Waals surface area contributed by atoms with Crippen LogP contribution in [0.4, 0.5) is 16.0 Å². The first-order chi connectivity index (χ1) is 13.5. The topological polar surface area (TPSA) is 71.0 Å². The summed E-state index contributed by atoms with van der Waals surface area (Å²) in [5.41, 5.74) is 4.66. The Balaban J connectivity index is 1.65. The van der Waals surface area contributed by atoms with Gasteiger partial charge in [0.25, 0.3) is 0 Å². The number of rotatable bonds is 8. The standard InChI is InChI=1S/C19H23N5OS3/c1-5-13-8-7-9-14(6-2)16(13)21-17-22-23-19(28-17)27-11-15-10-26-18(20-15)24(4)12(3)25/h7-10H,5-6,11H2,1-4H3,(H,21,22). The van der Waals surface area contributed by atoms with Gasteiger partial charge in [0.1, 0.15) is 0 Å². The van der Waals surface area contributed by atoms with Crippen LogP contribution >= 0.6 is 34.4 Å². The fraction of sp³-hybridized carbons (Fsp3) is 0.368. The number of aromatic nitrogens is 3. The van der Waals surface area contributed by atoms with Gasteiger partial charge in [0, 0.05) is 30.8 Å². The number of amides is 1. The number of thioether (sulfide) groups is 1. The summed E-state index contributed by atoms with van der Waals surface area (Å²) in [6, 6.07) is 6.40. The molecule has 0 spiro atoms. The molecule has 148 valence electrons. The Morgan fingerprint density at radius 1 is 1.21 bits per heavy atom. The largest absolute Gasteiger partial charge is 0.330 e. The fourth-order valence-corrected chi connectivity index (χ4v) is 5.20. The van der Waals surface area contributed by atoms with E-state index < -0.39 is 0 Å². The maximum Gasteiger partial charge on any atom is 0.225 e. The van der Waals surface area contributed by atoms with E-state index in [1.54, 1.807) is 35.0 Å².